The van der Waals surface area contributed by atoms with Crippen LogP contribution in [0.1, 0.15) is 0 Å². The first-order chi connectivity index (χ1) is 2.00. The molecule has 0 N–H and O–H groups in total. The summed E-state index contributed by atoms with van der Waals surface area (Å²) in [5.41, 5.74) is 0. The Kier molecular flexibility index (Phi) is 1.35. The molecule has 0 spiro atoms. The molecule has 0 bridgehead atoms. The zero-order chi connectivity index (χ0) is 4.50. The predicted octanol–water partition coefficient (Wildman–Crippen LogP) is 0.331. The van der Waals surface area contributed by atoms with E-state index in [2.05, 4.69) is 9.30 Å². The van der Waals surface area contributed by atoms with Gasteiger partial charge in [0.1, 0.15) is 0 Å². The summed E-state index contributed by atoms with van der Waals surface area (Å²) in [7, 11) is 4.05. The van der Waals surface area contributed by atoms with Gasteiger partial charge >= 0.3 is 34.7 Å². The molecule has 0 saturated carbocycles. The Balaban J connectivity index is 4.87. The van der Waals surface area contributed by atoms with Crippen molar-refractivity contribution in [1.82, 2.24) is 0 Å². The summed E-state index contributed by atoms with van der Waals surface area (Å²) >= 11 is -5.28. The molecule has 3 nitrogen and oxygen atoms in total. The third kappa shape index (κ3) is 156. The molecular formula is ClO3Ti. The fourth-order valence-corrected chi connectivity index (χ4v) is 0. The molecule has 0 aliphatic rings. The summed E-state index contributed by atoms with van der Waals surface area (Å²) in [6.45, 7) is 0. The molecule has 0 aromatic carbocycles. The van der Waals surface area contributed by atoms with Crippen LogP contribution < -0.4 is 0 Å². The maximum absolute atomic E-state index is 8.95. The molecule has 0 heterocycles. The number of hydrogen-bond acceptors (Lipinski definition) is 3. The van der Waals surface area contributed by atoms with Crippen molar-refractivity contribution in [2.45, 2.75) is 0 Å². The van der Waals surface area contributed by atoms with Gasteiger partial charge in [0.25, 0.3) is 0 Å². The average Bonchev–Trinajstić information content (AvgIpc) is 0.722. The van der Waals surface area contributed by atoms with Crippen LogP contribution in [0, 0.1) is 0 Å². The summed E-state index contributed by atoms with van der Waals surface area (Å²) in [5, 5.41) is 0. The quantitative estimate of drug-likeness (QED) is 0.445. The van der Waals surface area contributed by atoms with Crippen LogP contribution in [0.2, 0.25) is 0 Å². The molecule has 0 rings (SSSR count). The third-order valence-electron chi connectivity index (χ3n) is 0. The first-order valence-corrected chi connectivity index (χ1v) is 4.86. The van der Waals surface area contributed by atoms with Crippen LogP contribution in [0.5, 0.6) is 0 Å². The van der Waals surface area contributed by atoms with E-state index < -0.39 is 15.4 Å². The standard InChI is InChI=1S/ClH.3O.Ti/h1H;;;;/q;;;;+1/p-1. The second kappa shape index (κ2) is 1.24. The van der Waals surface area contributed by atoms with Gasteiger partial charge in [-0.15, -0.1) is 0 Å². The Morgan fingerprint density at radius 1 is 1.20 bits per heavy atom. The Bertz CT molecular complexity index is 128. The van der Waals surface area contributed by atoms with Gasteiger partial charge in [-0.1, -0.05) is 0 Å². The van der Waals surface area contributed by atoms with Gasteiger partial charge in [0, 0.05) is 0 Å². The van der Waals surface area contributed by atoms with Gasteiger partial charge in [-0.05, 0) is 0 Å². The van der Waals surface area contributed by atoms with E-state index in [0.717, 1.165) is 0 Å². The van der Waals surface area contributed by atoms with Gasteiger partial charge in [-0.3, -0.25) is 0 Å². The molecule has 0 aromatic rings. The SMILES string of the molecule is [O]=[Ti](=[O])(=[O])[Cl]. The molecule has 0 fully saturated rings. The molecule has 29 valence electrons. The van der Waals surface area contributed by atoms with E-state index in [1.807, 2.05) is 0 Å². The fraction of sp³-hybridized carbons (Fsp3) is 0. The van der Waals surface area contributed by atoms with Gasteiger partial charge in [-0.2, -0.15) is 0 Å². The van der Waals surface area contributed by atoms with Crippen molar-refractivity contribution < 1.29 is 25.4 Å². The normalized spacial score (nSPS) is 8.20. The first kappa shape index (κ1) is 5.40. The van der Waals surface area contributed by atoms with Crippen LogP contribution in [0.3, 0.4) is 0 Å². The van der Waals surface area contributed by atoms with Crippen LogP contribution in [-0.4, -0.2) is 0 Å². The molecule has 5 heavy (non-hydrogen) atoms. The van der Waals surface area contributed by atoms with Crippen LogP contribution in [0.25, 0.3) is 0 Å². The van der Waals surface area contributed by atoms with Crippen molar-refractivity contribution in [3.8, 4) is 0 Å². The van der Waals surface area contributed by atoms with E-state index in [4.69, 9.17) is 9.97 Å². The van der Waals surface area contributed by atoms with Crippen LogP contribution in [0.4, 0.5) is 0 Å². The summed E-state index contributed by atoms with van der Waals surface area (Å²) < 4.78 is 26.8. The van der Waals surface area contributed by atoms with Gasteiger partial charge in [0.2, 0.25) is 0 Å². The predicted molar refractivity (Wildman–Crippen MR) is 7.91 cm³/mol. The molecule has 0 aliphatic heterocycles. The summed E-state index contributed by atoms with van der Waals surface area (Å²) in [5.74, 6) is 0. The molecule has 0 atom stereocenters. The van der Waals surface area contributed by atoms with Crippen LogP contribution in [-0.2, 0) is 25.4 Å². The van der Waals surface area contributed by atoms with E-state index >= 15 is 0 Å². The fourth-order valence-electron chi connectivity index (χ4n) is 0. The molecule has 0 aliphatic carbocycles. The Morgan fingerprint density at radius 3 is 1.20 bits per heavy atom. The van der Waals surface area contributed by atoms with Gasteiger partial charge < -0.3 is 0 Å². The van der Waals surface area contributed by atoms with Crippen molar-refractivity contribution in [2.24, 2.45) is 0 Å². The summed E-state index contributed by atoms with van der Waals surface area (Å²) in [6, 6.07) is 0. The van der Waals surface area contributed by atoms with Crippen molar-refractivity contribution in [3.63, 3.8) is 0 Å². The number of hydrogen-bond donors (Lipinski definition) is 0. The van der Waals surface area contributed by atoms with E-state index in [1.165, 1.54) is 0 Å². The first-order valence-electron chi connectivity index (χ1n) is 0.801. The zero-order valence-electron chi connectivity index (χ0n) is 2.10. The minimum atomic E-state index is -5.28. The average molecular weight is 131 g/mol. The maximum atomic E-state index is 8.95. The third-order valence-corrected chi connectivity index (χ3v) is 0. The Hall–Kier alpha value is 0.404. The molecule has 5 heteroatoms. The molecule has 0 radical (unpaired) electrons. The number of halogens is 1. The number of rotatable bonds is 0. The Morgan fingerprint density at radius 2 is 1.20 bits per heavy atom. The minimum absolute atomic E-state index is 4.05. The van der Waals surface area contributed by atoms with E-state index in [1.54, 1.807) is 0 Å². The van der Waals surface area contributed by atoms with Gasteiger partial charge in [-0.25, -0.2) is 0 Å². The van der Waals surface area contributed by atoms with Crippen LogP contribution in [0.15, 0.2) is 0 Å². The van der Waals surface area contributed by atoms with Gasteiger partial charge in [0.05, 0.1) is 0 Å². The van der Waals surface area contributed by atoms with Crippen molar-refractivity contribution in [2.75, 3.05) is 0 Å². The van der Waals surface area contributed by atoms with E-state index in [-0.39, 0.29) is 0 Å². The zero-order valence-corrected chi connectivity index (χ0v) is 4.42. The second-order valence-corrected chi connectivity index (χ2v) is 3.89. The van der Waals surface area contributed by atoms with Crippen molar-refractivity contribution >= 4 is 9.30 Å². The molecular weight excluding hydrogens is 131 g/mol. The van der Waals surface area contributed by atoms with Crippen molar-refractivity contribution in [1.29, 1.82) is 0 Å². The molecule has 0 saturated heterocycles. The monoisotopic (exact) mass is 131 g/mol. The molecule has 0 aromatic heterocycles. The topological polar surface area (TPSA) is 51.2 Å². The summed E-state index contributed by atoms with van der Waals surface area (Å²) in [6.07, 6.45) is 0. The molecule has 0 unspecified atom stereocenters. The van der Waals surface area contributed by atoms with Gasteiger partial charge in [0.15, 0.2) is 0 Å². The van der Waals surface area contributed by atoms with Crippen LogP contribution >= 0.6 is 9.30 Å². The van der Waals surface area contributed by atoms with E-state index in [9.17, 15) is 0 Å². The Labute approximate surface area is 35.1 Å². The molecule has 0 amide bonds. The second-order valence-electron chi connectivity index (χ2n) is 0.481. The summed E-state index contributed by atoms with van der Waals surface area (Å²) in [4.78, 5) is 0. The van der Waals surface area contributed by atoms with Crippen molar-refractivity contribution in [3.05, 3.63) is 0 Å². The van der Waals surface area contributed by atoms with E-state index in [0.29, 0.717) is 0 Å².